The van der Waals surface area contributed by atoms with Crippen LogP contribution in [0.5, 0.6) is 5.75 Å². The summed E-state index contributed by atoms with van der Waals surface area (Å²) < 4.78 is 71.6. The molecular weight excluding hydrogens is 437 g/mol. The van der Waals surface area contributed by atoms with Crippen molar-refractivity contribution in [2.24, 2.45) is 0 Å². The van der Waals surface area contributed by atoms with E-state index in [1.54, 1.807) is 24.3 Å². The first-order chi connectivity index (χ1) is 12.2. The van der Waals surface area contributed by atoms with E-state index < -0.39 is 21.4 Å². The van der Waals surface area contributed by atoms with Gasteiger partial charge in [-0.3, -0.25) is 0 Å². The van der Waals surface area contributed by atoms with Gasteiger partial charge < -0.3 is 8.60 Å². The van der Waals surface area contributed by atoms with Crippen LogP contribution in [0.15, 0.2) is 57.4 Å². The van der Waals surface area contributed by atoms with Crippen molar-refractivity contribution in [2.45, 2.75) is 5.51 Å². The van der Waals surface area contributed by atoms with Gasteiger partial charge in [-0.05, 0) is 39.5 Å². The largest absolute Gasteiger partial charge is 0.534 e. The van der Waals surface area contributed by atoms with Crippen molar-refractivity contribution in [2.75, 3.05) is 0 Å². The molecule has 1 heterocycles. The van der Waals surface area contributed by atoms with E-state index in [9.17, 15) is 21.6 Å². The Bertz CT molecular complexity index is 1280. The second kappa shape index (κ2) is 5.62. The molecule has 0 fully saturated rings. The van der Waals surface area contributed by atoms with E-state index in [-0.39, 0.29) is 11.0 Å². The van der Waals surface area contributed by atoms with Crippen molar-refractivity contribution in [3.63, 3.8) is 0 Å². The fourth-order valence-corrected chi connectivity index (χ4v) is 3.66. The number of rotatable bonds is 2. The quantitative estimate of drug-likeness (QED) is 0.292. The Morgan fingerprint density at radius 3 is 2.38 bits per heavy atom. The summed E-state index contributed by atoms with van der Waals surface area (Å²) in [5, 5.41) is 2.22. The zero-order valence-corrected chi connectivity index (χ0v) is 15.1. The van der Waals surface area contributed by atoms with Gasteiger partial charge in [0.1, 0.15) is 5.58 Å². The van der Waals surface area contributed by atoms with E-state index in [0.717, 1.165) is 16.8 Å². The lowest BCUT2D eigenvalue weighted by atomic mass is 10.1. The van der Waals surface area contributed by atoms with Crippen LogP contribution >= 0.6 is 15.9 Å². The molecule has 0 unspecified atom stereocenters. The van der Waals surface area contributed by atoms with Crippen LogP contribution in [0.3, 0.4) is 0 Å². The first kappa shape index (κ1) is 17.2. The van der Waals surface area contributed by atoms with Crippen molar-refractivity contribution >= 4 is 58.8 Å². The Morgan fingerprint density at radius 2 is 1.65 bits per heavy atom. The molecular formula is C17H8BrF3O4S. The third kappa shape index (κ3) is 2.53. The summed E-state index contributed by atoms with van der Waals surface area (Å²) in [7, 11) is -5.80. The van der Waals surface area contributed by atoms with Gasteiger partial charge in [0.25, 0.3) is 0 Å². The highest BCUT2D eigenvalue weighted by Crippen LogP contribution is 2.43. The van der Waals surface area contributed by atoms with Crippen LogP contribution in [0.1, 0.15) is 0 Å². The molecule has 3 aromatic carbocycles. The average Bonchev–Trinajstić information content (AvgIpc) is 2.97. The maximum Gasteiger partial charge on any atom is 0.534 e. The molecule has 0 atom stereocenters. The highest BCUT2D eigenvalue weighted by atomic mass is 79.9. The minimum atomic E-state index is -5.80. The molecule has 0 bridgehead atoms. The van der Waals surface area contributed by atoms with Gasteiger partial charge in [0.05, 0.1) is 9.86 Å². The normalized spacial score (nSPS) is 12.9. The van der Waals surface area contributed by atoms with Crippen LogP contribution in [-0.2, 0) is 10.1 Å². The summed E-state index contributed by atoms with van der Waals surface area (Å²) >= 11 is 3.27. The molecule has 0 aliphatic heterocycles. The van der Waals surface area contributed by atoms with E-state index in [0.29, 0.717) is 15.4 Å². The minimum Gasteiger partial charge on any atom is -0.454 e. The molecule has 0 aliphatic rings. The Morgan fingerprint density at radius 1 is 0.923 bits per heavy atom. The summed E-state index contributed by atoms with van der Waals surface area (Å²) in [6, 6.07) is 13.3. The second-order valence-corrected chi connectivity index (χ2v) is 7.89. The molecule has 0 amide bonds. The van der Waals surface area contributed by atoms with E-state index in [4.69, 9.17) is 4.42 Å². The van der Waals surface area contributed by atoms with Crippen LogP contribution in [0.25, 0.3) is 32.7 Å². The van der Waals surface area contributed by atoms with Gasteiger partial charge in [-0.25, -0.2) is 0 Å². The first-order valence-electron chi connectivity index (χ1n) is 7.22. The van der Waals surface area contributed by atoms with Crippen LogP contribution < -0.4 is 4.18 Å². The van der Waals surface area contributed by atoms with Crippen molar-refractivity contribution in [3.05, 3.63) is 53.0 Å². The van der Waals surface area contributed by atoms with E-state index in [1.165, 1.54) is 6.07 Å². The van der Waals surface area contributed by atoms with Gasteiger partial charge in [-0.1, -0.05) is 30.3 Å². The van der Waals surface area contributed by atoms with Crippen molar-refractivity contribution in [1.29, 1.82) is 0 Å². The lowest BCUT2D eigenvalue weighted by Crippen LogP contribution is -2.28. The Kier molecular flexibility index (Phi) is 3.71. The van der Waals surface area contributed by atoms with Crippen molar-refractivity contribution < 1.29 is 30.2 Å². The molecule has 4 rings (SSSR count). The van der Waals surface area contributed by atoms with Crippen LogP contribution in [0.4, 0.5) is 13.2 Å². The highest BCUT2D eigenvalue weighted by molar-refractivity contribution is 9.10. The molecule has 0 radical (unpaired) electrons. The van der Waals surface area contributed by atoms with Gasteiger partial charge >= 0.3 is 15.6 Å². The average molecular weight is 445 g/mol. The maximum atomic E-state index is 12.7. The zero-order valence-electron chi connectivity index (χ0n) is 12.7. The smallest absolute Gasteiger partial charge is 0.454 e. The molecule has 9 heteroatoms. The third-order valence-corrected chi connectivity index (χ3v) is 5.50. The molecule has 0 saturated carbocycles. The van der Waals surface area contributed by atoms with Gasteiger partial charge in [0.15, 0.2) is 11.3 Å². The topological polar surface area (TPSA) is 56.5 Å². The lowest BCUT2D eigenvalue weighted by molar-refractivity contribution is -0.0499. The molecule has 26 heavy (non-hydrogen) atoms. The minimum absolute atomic E-state index is 0.146. The van der Waals surface area contributed by atoms with Crippen molar-refractivity contribution in [3.8, 4) is 5.75 Å². The van der Waals surface area contributed by atoms with Gasteiger partial charge in [-0.15, -0.1) is 0 Å². The molecule has 134 valence electrons. The van der Waals surface area contributed by atoms with Gasteiger partial charge in [0.2, 0.25) is 0 Å². The SMILES string of the molecule is O=S(=O)(Oc1ccc(Br)c2oc3c4ccccc4ccc3c12)C(F)(F)F. The summed E-state index contributed by atoms with van der Waals surface area (Å²) in [5.41, 5.74) is -4.90. The van der Waals surface area contributed by atoms with Crippen LogP contribution in [-0.4, -0.2) is 13.9 Å². The molecule has 0 N–H and O–H groups in total. The number of alkyl halides is 3. The number of benzene rings is 3. The summed E-state index contributed by atoms with van der Waals surface area (Å²) in [5.74, 6) is -0.449. The predicted octanol–water partition coefficient (Wildman–Crippen LogP) is 5.73. The predicted molar refractivity (Wildman–Crippen MR) is 94.5 cm³/mol. The van der Waals surface area contributed by atoms with E-state index >= 15 is 0 Å². The standard InChI is InChI=1S/C17H8BrF3O4S/c18-12-7-8-13(25-26(22,23)17(19,20)21)14-11-6-5-9-3-1-2-4-10(9)15(11)24-16(12)14/h1-8H. The lowest BCUT2D eigenvalue weighted by Gasteiger charge is -2.10. The third-order valence-electron chi connectivity index (χ3n) is 3.91. The number of halogens is 4. The first-order valence-corrected chi connectivity index (χ1v) is 9.42. The second-order valence-electron chi connectivity index (χ2n) is 5.50. The van der Waals surface area contributed by atoms with E-state index in [1.807, 2.05) is 12.1 Å². The van der Waals surface area contributed by atoms with Gasteiger partial charge in [-0.2, -0.15) is 21.6 Å². The molecule has 0 aliphatic carbocycles. The van der Waals surface area contributed by atoms with Crippen molar-refractivity contribution in [1.82, 2.24) is 0 Å². The number of hydrogen-bond donors (Lipinski definition) is 0. The van der Waals surface area contributed by atoms with Crippen LogP contribution in [0.2, 0.25) is 0 Å². The number of fused-ring (bicyclic) bond motifs is 5. The molecule has 4 aromatic rings. The fraction of sp³-hybridized carbons (Fsp3) is 0.0588. The van der Waals surface area contributed by atoms with Crippen LogP contribution in [0, 0.1) is 0 Å². The maximum absolute atomic E-state index is 12.7. The van der Waals surface area contributed by atoms with E-state index in [2.05, 4.69) is 20.1 Å². The Balaban J connectivity index is 2.07. The summed E-state index contributed by atoms with van der Waals surface area (Å²) in [6.45, 7) is 0. The number of hydrogen-bond acceptors (Lipinski definition) is 4. The summed E-state index contributed by atoms with van der Waals surface area (Å²) in [4.78, 5) is 0. The molecule has 0 spiro atoms. The number of furan rings is 1. The monoisotopic (exact) mass is 444 g/mol. The molecule has 0 saturated heterocycles. The molecule has 4 nitrogen and oxygen atoms in total. The Hall–Kier alpha value is -2.26. The Labute approximate surface area is 153 Å². The zero-order chi connectivity index (χ0) is 18.7. The van der Waals surface area contributed by atoms with Gasteiger partial charge in [0, 0.05) is 10.8 Å². The summed E-state index contributed by atoms with van der Waals surface area (Å²) in [6.07, 6.45) is 0. The highest BCUT2D eigenvalue weighted by Gasteiger charge is 2.48. The molecule has 1 aromatic heterocycles. The fourth-order valence-electron chi connectivity index (χ4n) is 2.78.